The molecule has 4 bridgehead atoms. The number of ketones is 1. The minimum atomic E-state index is -1.05. The summed E-state index contributed by atoms with van der Waals surface area (Å²) in [6, 6.07) is 2.30. The van der Waals surface area contributed by atoms with Crippen LogP contribution in [0.15, 0.2) is 24.4 Å². The zero-order valence-electron chi connectivity index (χ0n) is 22.9. The number of anilines is 1. The summed E-state index contributed by atoms with van der Waals surface area (Å²) in [5.74, 6) is -3.45. The molecule has 0 spiro atoms. The zero-order chi connectivity index (χ0) is 29.6. The molecule has 4 atom stereocenters. The first-order valence-corrected chi connectivity index (χ1v) is 13.9. The highest BCUT2D eigenvalue weighted by molar-refractivity contribution is 7.15. The van der Waals surface area contributed by atoms with E-state index in [9.17, 15) is 29.1 Å². The number of phenolic OH excluding ortho intramolecular Hbond substituents is 1. The Hall–Kier alpha value is -4.00. The summed E-state index contributed by atoms with van der Waals surface area (Å²) in [5.41, 5.74) is 6.76. The molecule has 1 aliphatic heterocycles. The average molecular weight is 573 g/mol. The fourth-order valence-electron chi connectivity index (χ4n) is 4.22. The molecular formula is C27H36N6O6S. The highest BCUT2D eigenvalue weighted by atomic mass is 32.1. The number of thiazole rings is 1. The maximum absolute atomic E-state index is 13.1. The van der Waals surface area contributed by atoms with E-state index in [0.29, 0.717) is 22.7 Å². The van der Waals surface area contributed by atoms with Gasteiger partial charge in [-0.1, -0.05) is 32.9 Å². The first-order valence-electron chi connectivity index (χ1n) is 13.1. The largest absolute Gasteiger partial charge is 0.508 e. The number of hydrogen-bond donors (Lipinski definition) is 6. The fraction of sp³-hybridized carbons (Fsp3) is 0.481. The lowest BCUT2D eigenvalue weighted by atomic mass is 9.99. The molecule has 1 aromatic carbocycles. The molecule has 0 saturated heterocycles. The van der Waals surface area contributed by atoms with Crippen molar-refractivity contribution in [1.29, 1.82) is 0 Å². The topological polar surface area (TPSA) is 193 Å². The van der Waals surface area contributed by atoms with Crippen molar-refractivity contribution in [3.63, 3.8) is 0 Å². The van der Waals surface area contributed by atoms with Gasteiger partial charge in [0.25, 0.3) is 0 Å². The minimum Gasteiger partial charge on any atom is -0.508 e. The first-order chi connectivity index (χ1) is 18.8. The number of hydrogen-bond acceptors (Lipinski definition) is 9. The number of amides is 4. The number of carbonyl (C=O) groups excluding carboxylic acids is 5. The van der Waals surface area contributed by atoms with Gasteiger partial charge in [0, 0.05) is 36.3 Å². The van der Waals surface area contributed by atoms with Crippen LogP contribution in [0, 0.1) is 11.8 Å². The number of nitrogens with two attached hydrogens (primary N) is 1. The first kappa shape index (κ1) is 30.5. The summed E-state index contributed by atoms with van der Waals surface area (Å²) in [6.07, 6.45) is 1.91. The van der Waals surface area contributed by atoms with Crippen LogP contribution in [0.5, 0.6) is 5.75 Å². The average Bonchev–Trinajstić information content (AvgIpc) is 3.33. The van der Waals surface area contributed by atoms with Gasteiger partial charge in [-0.25, -0.2) is 4.98 Å². The van der Waals surface area contributed by atoms with Crippen LogP contribution in [0.25, 0.3) is 0 Å². The number of aromatic hydroxyl groups is 1. The van der Waals surface area contributed by atoms with E-state index < -0.39 is 48.3 Å². The third-order valence-electron chi connectivity index (χ3n) is 6.63. The van der Waals surface area contributed by atoms with E-state index in [2.05, 4.69) is 26.3 Å². The van der Waals surface area contributed by atoms with Gasteiger partial charge in [-0.2, -0.15) is 0 Å². The number of nitrogens with zero attached hydrogens (tertiary/aromatic N) is 1. The van der Waals surface area contributed by atoms with Crippen molar-refractivity contribution in [2.45, 2.75) is 65.1 Å². The van der Waals surface area contributed by atoms with Crippen LogP contribution in [0.1, 0.15) is 50.1 Å². The van der Waals surface area contributed by atoms with E-state index in [1.165, 1.54) is 17.4 Å². The van der Waals surface area contributed by atoms with Gasteiger partial charge in [-0.3, -0.25) is 24.0 Å². The number of aromatic nitrogens is 1. The molecule has 0 fully saturated rings. The molecule has 0 radical (unpaired) electrons. The predicted octanol–water partition coefficient (Wildman–Crippen LogP) is 0.618. The number of carbonyl (C=O) groups is 5. The van der Waals surface area contributed by atoms with Gasteiger partial charge in [0.15, 0.2) is 10.9 Å². The van der Waals surface area contributed by atoms with Crippen molar-refractivity contribution in [3.8, 4) is 5.75 Å². The maximum atomic E-state index is 13.1. The van der Waals surface area contributed by atoms with Gasteiger partial charge >= 0.3 is 0 Å². The van der Waals surface area contributed by atoms with E-state index in [-0.39, 0.29) is 36.2 Å². The highest BCUT2D eigenvalue weighted by Gasteiger charge is 2.28. The quantitative estimate of drug-likeness (QED) is 0.301. The molecule has 216 valence electrons. The second-order valence-electron chi connectivity index (χ2n) is 10.4. The normalized spacial score (nSPS) is 23.6. The lowest BCUT2D eigenvalue weighted by Crippen LogP contribution is -2.50. The molecule has 2 heterocycles. The van der Waals surface area contributed by atoms with Gasteiger partial charge in [0.2, 0.25) is 23.6 Å². The number of benzene rings is 1. The Morgan fingerprint density at radius 3 is 2.48 bits per heavy atom. The standard InChI is InChI=1S/C27H36N6O6S/c1-13(2)23-26(39)31-15(4)21(35)7-14(3)25(38)29-12-22(36)32-19(24(28)37)9-16-5-6-20(34)17(8-16)10-18-11-30-27(33-23)40-18/h5-6,8,11,13-15,19,23,34H,7,9-10,12H2,1-4H3,(H2,28,37)(H,29,38)(H,30,33)(H,31,39)(H,32,36)/t14-,15+,19+,23+/m1/s1. The number of Topliss-reactive ketones (excluding diaryl/α,β-unsaturated/α-hetero) is 1. The Morgan fingerprint density at radius 1 is 1.07 bits per heavy atom. The molecule has 40 heavy (non-hydrogen) atoms. The monoisotopic (exact) mass is 572 g/mol. The van der Waals surface area contributed by atoms with Crippen LogP contribution in [-0.4, -0.2) is 64.2 Å². The van der Waals surface area contributed by atoms with Crippen LogP contribution in [-0.2, 0) is 36.8 Å². The Bertz CT molecular complexity index is 1280. The third kappa shape index (κ3) is 8.25. The van der Waals surface area contributed by atoms with Gasteiger partial charge in [-0.05, 0) is 30.0 Å². The zero-order valence-corrected chi connectivity index (χ0v) is 23.8. The molecule has 2 aromatic rings. The summed E-state index contributed by atoms with van der Waals surface area (Å²) < 4.78 is 0. The molecule has 13 heteroatoms. The molecule has 0 aliphatic carbocycles. The second-order valence-corrected chi connectivity index (χ2v) is 11.5. The Kier molecular flexibility index (Phi) is 10.2. The molecule has 12 nitrogen and oxygen atoms in total. The molecule has 1 aliphatic rings. The van der Waals surface area contributed by atoms with Crippen LogP contribution in [0.4, 0.5) is 5.13 Å². The number of fused-ring (bicyclic) bond motifs is 4. The van der Waals surface area contributed by atoms with E-state index in [1.54, 1.807) is 32.2 Å². The van der Waals surface area contributed by atoms with E-state index in [1.807, 2.05) is 13.8 Å². The Balaban J connectivity index is 1.91. The SMILES string of the molecule is CC(C)[C@@H]1Nc2ncc(s2)Cc2cc(ccc2O)C[C@@H](C(N)=O)NC(=O)CNC(=O)[C@H](C)CC(=O)[C@H](C)NC1=O. The number of rotatable bonds is 2. The lowest BCUT2D eigenvalue weighted by Gasteiger charge is -2.24. The van der Waals surface area contributed by atoms with Gasteiger partial charge in [-0.15, -0.1) is 11.3 Å². The van der Waals surface area contributed by atoms with Crippen molar-refractivity contribution in [3.05, 3.63) is 40.4 Å². The molecule has 0 unspecified atom stereocenters. The van der Waals surface area contributed by atoms with Crippen molar-refractivity contribution in [1.82, 2.24) is 20.9 Å². The van der Waals surface area contributed by atoms with Crippen molar-refractivity contribution in [2.24, 2.45) is 17.6 Å². The van der Waals surface area contributed by atoms with Crippen LogP contribution in [0.3, 0.4) is 0 Å². The molecule has 4 amide bonds. The Labute approximate surface area is 236 Å². The van der Waals surface area contributed by atoms with Crippen LogP contribution >= 0.6 is 11.3 Å². The van der Waals surface area contributed by atoms with Crippen LogP contribution < -0.4 is 27.0 Å². The molecule has 7 N–H and O–H groups in total. The van der Waals surface area contributed by atoms with Crippen molar-refractivity contribution < 1.29 is 29.1 Å². The molecular weight excluding hydrogens is 536 g/mol. The van der Waals surface area contributed by atoms with Crippen molar-refractivity contribution in [2.75, 3.05) is 11.9 Å². The summed E-state index contributed by atoms with van der Waals surface area (Å²) in [7, 11) is 0. The van der Waals surface area contributed by atoms with Crippen molar-refractivity contribution >= 4 is 45.9 Å². The van der Waals surface area contributed by atoms with Gasteiger partial charge < -0.3 is 32.1 Å². The van der Waals surface area contributed by atoms with Gasteiger partial charge in [0.1, 0.15) is 17.8 Å². The Morgan fingerprint density at radius 2 is 1.80 bits per heavy atom. The van der Waals surface area contributed by atoms with E-state index >= 15 is 0 Å². The summed E-state index contributed by atoms with van der Waals surface area (Å²) in [4.78, 5) is 68.1. The van der Waals surface area contributed by atoms with Crippen LogP contribution in [0.2, 0.25) is 0 Å². The van der Waals surface area contributed by atoms with E-state index in [0.717, 1.165) is 4.88 Å². The predicted molar refractivity (Wildman–Crippen MR) is 150 cm³/mol. The summed E-state index contributed by atoms with van der Waals surface area (Å²) in [6.45, 7) is 6.43. The van der Waals surface area contributed by atoms with Gasteiger partial charge in [0.05, 0.1) is 12.6 Å². The molecule has 3 rings (SSSR count). The molecule has 0 saturated carbocycles. The number of nitrogens with one attached hydrogen (secondary N) is 4. The second kappa shape index (κ2) is 13.4. The maximum Gasteiger partial charge on any atom is 0.243 e. The fourth-order valence-corrected chi connectivity index (χ4v) is 5.09. The molecule has 1 aromatic heterocycles. The third-order valence-corrected chi connectivity index (χ3v) is 7.56. The minimum absolute atomic E-state index is 0.0516. The lowest BCUT2D eigenvalue weighted by molar-refractivity contribution is -0.132. The summed E-state index contributed by atoms with van der Waals surface area (Å²) in [5, 5.41) is 21.8. The van der Waals surface area contributed by atoms with E-state index in [4.69, 9.17) is 5.73 Å². The number of phenols is 1. The number of primary amides is 1. The smallest absolute Gasteiger partial charge is 0.243 e. The summed E-state index contributed by atoms with van der Waals surface area (Å²) >= 11 is 1.32. The highest BCUT2D eigenvalue weighted by Crippen LogP contribution is 2.27.